The number of hydrogen-bond acceptors (Lipinski definition) is 4. The van der Waals surface area contributed by atoms with Gasteiger partial charge in [0, 0.05) is 6.04 Å². The predicted octanol–water partition coefficient (Wildman–Crippen LogP) is 1.83. The van der Waals surface area contributed by atoms with E-state index in [1.807, 2.05) is 6.92 Å². The molecule has 1 unspecified atom stereocenters. The van der Waals surface area contributed by atoms with Crippen LogP contribution in [0.1, 0.15) is 26.2 Å². The molecule has 0 spiro atoms. The normalized spacial score (nSPS) is 11.5. The standard InChI is InChI=1S/C15H21NO5/c1-3-4-11(9-15(18)19)16-14(17)10-21-13-7-5-12(20-2)6-8-13/h5-8,11H,3-4,9-10H2,1-2H3,(H,16,17)(H,18,19). The molecule has 2 N–H and O–H groups in total. The molecule has 0 bridgehead atoms. The Morgan fingerprint density at radius 3 is 2.38 bits per heavy atom. The molecule has 0 heterocycles. The smallest absolute Gasteiger partial charge is 0.305 e. The number of nitrogens with one attached hydrogen (secondary N) is 1. The number of amides is 1. The number of rotatable bonds is 9. The van der Waals surface area contributed by atoms with E-state index in [-0.39, 0.29) is 25.0 Å². The van der Waals surface area contributed by atoms with Gasteiger partial charge in [0.2, 0.25) is 0 Å². The first-order chi connectivity index (χ1) is 10.0. The lowest BCUT2D eigenvalue weighted by atomic mass is 10.1. The summed E-state index contributed by atoms with van der Waals surface area (Å²) in [6.45, 7) is 1.79. The molecule has 6 heteroatoms. The number of aliphatic carboxylic acids is 1. The van der Waals surface area contributed by atoms with Gasteiger partial charge >= 0.3 is 5.97 Å². The largest absolute Gasteiger partial charge is 0.497 e. The van der Waals surface area contributed by atoms with Crippen LogP contribution in [0.3, 0.4) is 0 Å². The maximum absolute atomic E-state index is 11.8. The van der Waals surface area contributed by atoms with Gasteiger partial charge < -0.3 is 19.9 Å². The predicted molar refractivity (Wildman–Crippen MR) is 77.6 cm³/mol. The van der Waals surface area contributed by atoms with E-state index in [9.17, 15) is 9.59 Å². The summed E-state index contributed by atoms with van der Waals surface area (Å²) < 4.78 is 10.4. The van der Waals surface area contributed by atoms with E-state index in [1.54, 1.807) is 31.4 Å². The third-order valence-electron chi connectivity index (χ3n) is 2.85. The zero-order valence-electron chi connectivity index (χ0n) is 12.3. The first kappa shape index (κ1) is 16.8. The van der Waals surface area contributed by atoms with E-state index in [4.69, 9.17) is 14.6 Å². The number of methoxy groups -OCH3 is 1. The third-order valence-corrected chi connectivity index (χ3v) is 2.85. The van der Waals surface area contributed by atoms with Gasteiger partial charge in [-0.15, -0.1) is 0 Å². The van der Waals surface area contributed by atoms with Crippen molar-refractivity contribution in [3.63, 3.8) is 0 Å². The Balaban J connectivity index is 2.42. The van der Waals surface area contributed by atoms with Crippen LogP contribution in [0.4, 0.5) is 0 Å². The van der Waals surface area contributed by atoms with Crippen molar-refractivity contribution in [1.29, 1.82) is 0 Å². The molecule has 0 fully saturated rings. The molecule has 21 heavy (non-hydrogen) atoms. The zero-order chi connectivity index (χ0) is 15.7. The van der Waals surface area contributed by atoms with Crippen molar-refractivity contribution >= 4 is 11.9 Å². The molecule has 0 aliphatic heterocycles. The highest BCUT2D eigenvalue weighted by Crippen LogP contribution is 2.16. The summed E-state index contributed by atoms with van der Waals surface area (Å²) in [4.78, 5) is 22.5. The molecule has 0 aromatic heterocycles. The second kappa shape index (κ2) is 8.84. The first-order valence-corrected chi connectivity index (χ1v) is 6.83. The fraction of sp³-hybridized carbons (Fsp3) is 0.467. The molecular weight excluding hydrogens is 274 g/mol. The summed E-state index contributed by atoms with van der Waals surface area (Å²) >= 11 is 0. The number of carbonyl (C=O) groups is 2. The molecule has 0 aliphatic rings. The monoisotopic (exact) mass is 295 g/mol. The highest BCUT2D eigenvalue weighted by atomic mass is 16.5. The minimum Gasteiger partial charge on any atom is -0.497 e. The van der Waals surface area contributed by atoms with Crippen molar-refractivity contribution < 1.29 is 24.2 Å². The summed E-state index contributed by atoms with van der Waals surface area (Å²) in [5.41, 5.74) is 0. The van der Waals surface area contributed by atoms with E-state index in [0.717, 1.165) is 6.42 Å². The van der Waals surface area contributed by atoms with Crippen molar-refractivity contribution in [2.45, 2.75) is 32.2 Å². The second-order valence-electron chi connectivity index (χ2n) is 4.62. The average Bonchev–Trinajstić information content (AvgIpc) is 2.45. The van der Waals surface area contributed by atoms with E-state index < -0.39 is 5.97 Å². The molecule has 116 valence electrons. The number of carboxylic acid groups (broad SMARTS) is 1. The Hall–Kier alpha value is -2.24. The number of carbonyl (C=O) groups excluding carboxylic acids is 1. The van der Waals surface area contributed by atoms with Gasteiger partial charge in [-0.3, -0.25) is 9.59 Å². The summed E-state index contributed by atoms with van der Waals surface area (Å²) in [6, 6.07) is 6.51. The lowest BCUT2D eigenvalue weighted by Gasteiger charge is -2.16. The number of benzene rings is 1. The number of carboxylic acids is 1. The molecule has 1 rings (SSSR count). The van der Waals surface area contributed by atoms with E-state index >= 15 is 0 Å². The van der Waals surface area contributed by atoms with Crippen LogP contribution in [0.5, 0.6) is 11.5 Å². The molecule has 1 aromatic rings. The summed E-state index contributed by atoms with van der Waals surface area (Å²) in [5, 5.41) is 11.5. The first-order valence-electron chi connectivity index (χ1n) is 6.83. The van der Waals surface area contributed by atoms with E-state index in [2.05, 4.69) is 5.32 Å². The van der Waals surface area contributed by atoms with Crippen molar-refractivity contribution in [1.82, 2.24) is 5.32 Å². The van der Waals surface area contributed by atoms with Gasteiger partial charge in [0.05, 0.1) is 13.5 Å². The van der Waals surface area contributed by atoms with Gasteiger partial charge in [-0.05, 0) is 30.7 Å². The van der Waals surface area contributed by atoms with Gasteiger partial charge in [-0.2, -0.15) is 0 Å². The summed E-state index contributed by atoms with van der Waals surface area (Å²) in [7, 11) is 1.57. The van der Waals surface area contributed by atoms with Crippen molar-refractivity contribution in [3.8, 4) is 11.5 Å². The van der Waals surface area contributed by atoms with Crippen LogP contribution < -0.4 is 14.8 Å². The van der Waals surface area contributed by atoms with Crippen LogP contribution in [0, 0.1) is 0 Å². The molecule has 1 aromatic carbocycles. The van der Waals surface area contributed by atoms with Gasteiger partial charge in [-0.1, -0.05) is 13.3 Å². The molecule has 0 saturated heterocycles. The van der Waals surface area contributed by atoms with Crippen molar-refractivity contribution in [2.75, 3.05) is 13.7 Å². The Kier molecular flexibility index (Phi) is 7.08. The van der Waals surface area contributed by atoms with Crippen LogP contribution in [0.15, 0.2) is 24.3 Å². The van der Waals surface area contributed by atoms with Gasteiger partial charge in [0.1, 0.15) is 11.5 Å². The second-order valence-corrected chi connectivity index (χ2v) is 4.62. The Labute approximate surface area is 124 Å². The molecule has 6 nitrogen and oxygen atoms in total. The van der Waals surface area contributed by atoms with Gasteiger partial charge in [0.15, 0.2) is 6.61 Å². The Morgan fingerprint density at radius 2 is 1.86 bits per heavy atom. The maximum atomic E-state index is 11.8. The molecule has 0 radical (unpaired) electrons. The SMILES string of the molecule is CCCC(CC(=O)O)NC(=O)COc1ccc(OC)cc1. The highest BCUT2D eigenvalue weighted by molar-refractivity contribution is 5.78. The average molecular weight is 295 g/mol. The van der Waals surface area contributed by atoms with E-state index in [1.165, 1.54) is 0 Å². The van der Waals surface area contributed by atoms with Crippen LogP contribution in [0.25, 0.3) is 0 Å². The molecule has 1 amide bonds. The highest BCUT2D eigenvalue weighted by Gasteiger charge is 2.15. The van der Waals surface area contributed by atoms with Crippen LogP contribution >= 0.6 is 0 Å². The fourth-order valence-electron chi connectivity index (χ4n) is 1.87. The van der Waals surface area contributed by atoms with Crippen molar-refractivity contribution in [3.05, 3.63) is 24.3 Å². The molecule has 0 saturated carbocycles. The topological polar surface area (TPSA) is 84.9 Å². The fourth-order valence-corrected chi connectivity index (χ4v) is 1.87. The van der Waals surface area contributed by atoms with Crippen LogP contribution in [-0.4, -0.2) is 36.7 Å². The van der Waals surface area contributed by atoms with Gasteiger partial charge in [-0.25, -0.2) is 0 Å². The van der Waals surface area contributed by atoms with Crippen LogP contribution in [0.2, 0.25) is 0 Å². The van der Waals surface area contributed by atoms with Gasteiger partial charge in [0.25, 0.3) is 5.91 Å². The molecule has 1 atom stereocenters. The van der Waals surface area contributed by atoms with Crippen LogP contribution in [-0.2, 0) is 9.59 Å². The Bertz CT molecular complexity index is 458. The maximum Gasteiger partial charge on any atom is 0.305 e. The summed E-state index contributed by atoms with van der Waals surface area (Å²) in [6.07, 6.45) is 1.35. The lowest BCUT2D eigenvalue weighted by Crippen LogP contribution is -2.39. The Morgan fingerprint density at radius 1 is 1.24 bits per heavy atom. The zero-order valence-corrected chi connectivity index (χ0v) is 12.3. The summed E-state index contributed by atoms with van der Waals surface area (Å²) in [5.74, 6) is 0.00263. The third kappa shape index (κ3) is 6.65. The minimum absolute atomic E-state index is 0.0812. The molecule has 0 aliphatic carbocycles. The quantitative estimate of drug-likeness (QED) is 0.726. The minimum atomic E-state index is -0.926. The molecular formula is C15H21NO5. The van der Waals surface area contributed by atoms with Crippen molar-refractivity contribution in [2.24, 2.45) is 0 Å². The van der Waals surface area contributed by atoms with E-state index in [0.29, 0.717) is 17.9 Å². The number of hydrogen-bond donors (Lipinski definition) is 2. The number of ether oxygens (including phenoxy) is 2. The lowest BCUT2D eigenvalue weighted by molar-refractivity contribution is -0.137.